The average Bonchev–Trinajstić information content (AvgIpc) is 2.01. The summed E-state index contributed by atoms with van der Waals surface area (Å²) in [4.78, 5) is 21.7. The second-order valence-corrected chi connectivity index (χ2v) is 2.57. The molecule has 0 aromatic carbocycles. The highest BCUT2D eigenvalue weighted by atomic mass is 35.5. The molecule has 58 valence electrons. The van der Waals surface area contributed by atoms with E-state index in [2.05, 4.69) is 6.58 Å². The van der Waals surface area contributed by atoms with Gasteiger partial charge in [-0.05, 0) is 5.57 Å². The number of ketones is 2. The van der Waals surface area contributed by atoms with Gasteiger partial charge in [0.1, 0.15) is 0 Å². The zero-order chi connectivity index (χ0) is 8.43. The van der Waals surface area contributed by atoms with Gasteiger partial charge in [-0.15, -0.1) is 11.6 Å². The van der Waals surface area contributed by atoms with Gasteiger partial charge in [-0.2, -0.15) is 0 Å². The van der Waals surface area contributed by atoms with Gasteiger partial charge in [0.2, 0.25) is 11.6 Å². The second-order valence-electron chi connectivity index (χ2n) is 2.30. The standard InChI is InChI=1S/C8H7ClO2/c1-5-6(4-9)2-3-7(10)8(5)11/h2H,1,3-4H2. The van der Waals surface area contributed by atoms with E-state index < -0.39 is 11.6 Å². The topological polar surface area (TPSA) is 34.1 Å². The molecule has 0 radical (unpaired) electrons. The number of Topliss-reactive ketones (excluding diaryl/α,β-unsaturated/α-hetero) is 2. The Kier molecular flexibility index (Phi) is 2.25. The predicted molar refractivity (Wildman–Crippen MR) is 42.6 cm³/mol. The van der Waals surface area contributed by atoms with Gasteiger partial charge in [-0.1, -0.05) is 12.7 Å². The Morgan fingerprint density at radius 1 is 1.55 bits per heavy atom. The summed E-state index contributed by atoms with van der Waals surface area (Å²) in [5.41, 5.74) is 0.924. The third-order valence-corrected chi connectivity index (χ3v) is 1.88. The number of halogens is 1. The molecule has 1 aliphatic carbocycles. The average molecular weight is 171 g/mol. The molecule has 0 bridgehead atoms. The zero-order valence-corrected chi connectivity index (χ0v) is 6.65. The number of allylic oxidation sites excluding steroid dienone is 3. The van der Waals surface area contributed by atoms with Crippen molar-refractivity contribution in [1.29, 1.82) is 0 Å². The minimum atomic E-state index is -0.497. The van der Waals surface area contributed by atoms with Crippen LogP contribution in [-0.2, 0) is 9.59 Å². The number of rotatable bonds is 1. The number of carbonyl (C=O) groups excluding carboxylic acids is 2. The molecule has 0 N–H and O–H groups in total. The summed E-state index contributed by atoms with van der Waals surface area (Å²) >= 11 is 5.50. The SMILES string of the molecule is C=C1C(=O)C(=O)CC=C1CCl. The van der Waals surface area contributed by atoms with E-state index in [1.54, 1.807) is 6.08 Å². The molecular weight excluding hydrogens is 164 g/mol. The summed E-state index contributed by atoms with van der Waals surface area (Å²) < 4.78 is 0. The van der Waals surface area contributed by atoms with E-state index in [0.717, 1.165) is 0 Å². The summed E-state index contributed by atoms with van der Waals surface area (Å²) in [7, 11) is 0. The zero-order valence-electron chi connectivity index (χ0n) is 5.89. The Balaban J connectivity index is 2.97. The molecule has 0 aromatic heterocycles. The molecule has 0 saturated carbocycles. The van der Waals surface area contributed by atoms with Crippen molar-refractivity contribution in [2.24, 2.45) is 0 Å². The normalized spacial score (nSPS) is 18.6. The van der Waals surface area contributed by atoms with Crippen LogP contribution in [0.2, 0.25) is 0 Å². The van der Waals surface area contributed by atoms with Gasteiger partial charge in [0.05, 0.1) is 0 Å². The maximum Gasteiger partial charge on any atom is 0.228 e. The fourth-order valence-electron chi connectivity index (χ4n) is 0.881. The summed E-state index contributed by atoms with van der Waals surface area (Å²) in [6, 6.07) is 0. The Morgan fingerprint density at radius 3 is 2.73 bits per heavy atom. The molecule has 0 heterocycles. The minimum Gasteiger partial charge on any atom is -0.290 e. The van der Waals surface area contributed by atoms with Gasteiger partial charge in [0.25, 0.3) is 0 Å². The Morgan fingerprint density at radius 2 is 2.18 bits per heavy atom. The Labute approximate surface area is 69.5 Å². The molecule has 11 heavy (non-hydrogen) atoms. The van der Waals surface area contributed by atoms with Crippen molar-refractivity contribution in [3.63, 3.8) is 0 Å². The first kappa shape index (κ1) is 8.21. The van der Waals surface area contributed by atoms with Crippen molar-refractivity contribution in [2.45, 2.75) is 6.42 Å². The van der Waals surface area contributed by atoms with Crippen LogP contribution in [0.25, 0.3) is 0 Å². The van der Waals surface area contributed by atoms with Crippen molar-refractivity contribution in [2.75, 3.05) is 5.88 Å². The van der Waals surface area contributed by atoms with E-state index in [1.165, 1.54) is 0 Å². The molecule has 3 heteroatoms. The largest absolute Gasteiger partial charge is 0.290 e. The van der Waals surface area contributed by atoms with Crippen molar-refractivity contribution in [1.82, 2.24) is 0 Å². The number of carbonyl (C=O) groups is 2. The second kappa shape index (κ2) is 3.01. The van der Waals surface area contributed by atoms with Crippen LogP contribution in [0.4, 0.5) is 0 Å². The van der Waals surface area contributed by atoms with E-state index in [9.17, 15) is 9.59 Å². The first-order valence-corrected chi connectivity index (χ1v) is 3.72. The third kappa shape index (κ3) is 1.40. The van der Waals surface area contributed by atoms with Gasteiger partial charge in [-0.25, -0.2) is 0 Å². The summed E-state index contributed by atoms with van der Waals surface area (Å²) in [6.45, 7) is 3.47. The van der Waals surface area contributed by atoms with Crippen LogP contribution in [0.3, 0.4) is 0 Å². The number of hydrogen-bond acceptors (Lipinski definition) is 2. The van der Waals surface area contributed by atoms with E-state index in [-0.39, 0.29) is 17.9 Å². The molecule has 0 aliphatic heterocycles. The number of hydrogen-bond donors (Lipinski definition) is 0. The van der Waals surface area contributed by atoms with Crippen LogP contribution in [0.1, 0.15) is 6.42 Å². The lowest BCUT2D eigenvalue weighted by molar-refractivity contribution is -0.134. The molecule has 0 amide bonds. The fourth-order valence-corrected chi connectivity index (χ4v) is 1.15. The molecular formula is C8H7ClO2. The first-order chi connectivity index (χ1) is 5.16. The smallest absolute Gasteiger partial charge is 0.228 e. The fraction of sp³-hybridized carbons (Fsp3) is 0.250. The highest BCUT2D eigenvalue weighted by Gasteiger charge is 2.22. The molecule has 0 fully saturated rings. The van der Waals surface area contributed by atoms with E-state index >= 15 is 0 Å². The molecule has 1 aliphatic rings. The Hall–Kier alpha value is -0.890. The van der Waals surface area contributed by atoms with Crippen LogP contribution in [0.5, 0.6) is 0 Å². The number of alkyl halides is 1. The Bertz CT molecular complexity index is 263. The minimum absolute atomic E-state index is 0.167. The molecule has 0 spiro atoms. The van der Waals surface area contributed by atoms with Gasteiger partial charge >= 0.3 is 0 Å². The van der Waals surface area contributed by atoms with Crippen LogP contribution in [-0.4, -0.2) is 17.4 Å². The van der Waals surface area contributed by atoms with E-state index in [4.69, 9.17) is 11.6 Å². The monoisotopic (exact) mass is 170 g/mol. The maximum absolute atomic E-state index is 10.9. The molecule has 2 nitrogen and oxygen atoms in total. The molecule has 0 aromatic rings. The lowest BCUT2D eigenvalue weighted by Crippen LogP contribution is -2.20. The van der Waals surface area contributed by atoms with Crippen molar-refractivity contribution < 1.29 is 9.59 Å². The lowest BCUT2D eigenvalue weighted by atomic mass is 9.94. The summed E-state index contributed by atoms with van der Waals surface area (Å²) in [6.07, 6.45) is 1.82. The molecule has 1 rings (SSSR count). The summed E-state index contributed by atoms with van der Waals surface area (Å²) in [5, 5.41) is 0. The third-order valence-electron chi connectivity index (χ3n) is 1.59. The van der Waals surface area contributed by atoms with Crippen molar-refractivity contribution in [3.05, 3.63) is 23.8 Å². The first-order valence-electron chi connectivity index (χ1n) is 3.18. The van der Waals surface area contributed by atoms with Crippen molar-refractivity contribution >= 4 is 23.2 Å². The molecule has 0 unspecified atom stereocenters. The van der Waals surface area contributed by atoms with Crippen LogP contribution >= 0.6 is 11.6 Å². The van der Waals surface area contributed by atoms with Gasteiger partial charge in [0.15, 0.2) is 0 Å². The highest BCUT2D eigenvalue weighted by Crippen LogP contribution is 2.17. The molecule has 0 atom stereocenters. The van der Waals surface area contributed by atoms with E-state index in [1.807, 2.05) is 0 Å². The summed E-state index contributed by atoms with van der Waals surface area (Å²) in [5.74, 6) is -0.648. The molecule has 0 saturated heterocycles. The van der Waals surface area contributed by atoms with Crippen LogP contribution in [0.15, 0.2) is 23.8 Å². The lowest BCUT2D eigenvalue weighted by Gasteiger charge is -2.10. The van der Waals surface area contributed by atoms with E-state index in [0.29, 0.717) is 5.57 Å². The van der Waals surface area contributed by atoms with Crippen LogP contribution in [0, 0.1) is 0 Å². The van der Waals surface area contributed by atoms with Gasteiger partial charge < -0.3 is 0 Å². The quantitative estimate of drug-likeness (QED) is 0.337. The van der Waals surface area contributed by atoms with Crippen molar-refractivity contribution in [3.8, 4) is 0 Å². The highest BCUT2D eigenvalue weighted by molar-refractivity contribution is 6.46. The van der Waals surface area contributed by atoms with Gasteiger partial charge in [0, 0.05) is 17.9 Å². The predicted octanol–water partition coefficient (Wildman–Crippen LogP) is 1.25. The van der Waals surface area contributed by atoms with Gasteiger partial charge in [-0.3, -0.25) is 9.59 Å². The maximum atomic E-state index is 10.9. The van der Waals surface area contributed by atoms with Crippen LogP contribution < -0.4 is 0 Å².